The Morgan fingerprint density at radius 2 is 2.05 bits per heavy atom. The van der Waals surface area contributed by atoms with Crippen LogP contribution in [-0.2, 0) is 6.54 Å². The number of aromatic amines is 1. The Morgan fingerprint density at radius 1 is 1.21 bits per heavy atom. The molecule has 0 aliphatic rings. The topological polar surface area (TPSA) is 66.5 Å². The van der Waals surface area contributed by atoms with Gasteiger partial charge >= 0.3 is 0 Å². The van der Waals surface area contributed by atoms with Crippen molar-refractivity contribution in [1.82, 2.24) is 20.2 Å². The molecule has 3 rings (SSSR count). The maximum Gasteiger partial charge on any atom is 0.161 e. The van der Waals surface area contributed by atoms with Crippen molar-refractivity contribution in [2.75, 3.05) is 11.6 Å². The summed E-state index contributed by atoms with van der Waals surface area (Å²) in [5.41, 5.74) is 1.97. The molecule has 0 atom stereocenters. The third-order valence-electron chi connectivity index (χ3n) is 2.82. The minimum atomic E-state index is 0.728. The summed E-state index contributed by atoms with van der Waals surface area (Å²) in [7, 11) is 0. The van der Waals surface area contributed by atoms with Crippen LogP contribution in [0, 0.1) is 0 Å². The fourth-order valence-corrected chi connectivity index (χ4v) is 2.43. The number of nitrogens with zero attached hydrogens (tertiary/aromatic N) is 3. The maximum absolute atomic E-state index is 4.31. The lowest BCUT2D eigenvalue weighted by Crippen LogP contribution is -2.02. The van der Waals surface area contributed by atoms with Crippen molar-refractivity contribution in [3.05, 3.63) is 42.2 Å². The molecular formula is C13H13N5S. The molecular weight excluding hydrogens is 258 g/mol. The quantitative estimate of drug-likeness (QED) is 0.714. The minimum absolute atomic E-state index is 0.728. The third kappa shape index (κ3) is 2.39. The lowest BCUT2D eigenvalue weighted by atomic mass is 10.2. The lowest BCUT2D eigenvalue weighted by molar-refractivity contribution is 1.02. The Labute approximate surface area is 114 Å². The fourth-order valence-electron chi connectivity index (χ4n) is 1.90. The van der Waals surface area contributed by atoms with Gasteiger partial charge in [-0.25, -0.2) is 9.97 Å². The Hall–Kier alpha value is -2.08. The Bertz CT molecular complexity index is 680. The van der Waals surface area contributed by atoms with Gasteiger partial charge < -0.3 is 5.32 Å². The van der Waals surface area contributed by atoms with E-state index in [9.17, 15) is 0 Å². The first-order valence-corrected chi connectivity index (χ1v) is 7.12. The number of anilines is 1. The van der Waals surface area contributed by atoms with E-state index in [2.05, 4.69) is 37.6 Å². The van der Waals surface area contributed by atoms with Crippen LogP contribution in [0.15, 0.2) is 41.7 Å². The van der Waals surface area contributed by atoms with E-state index in [-0.39, 0.29) is 0 Å². The molecule has 2 N–H and O–H groups in total. The largest absolute Gasteiger partial charge is 0.365 e. The summed E-state index contributed by atoms with van der Waals surface area (Å²) in [5.74, 6) is 0.812. The number of hydrogen-bond acceptors (Lipinski definition) is 5. The van der Waals surface area contributed by atoms with Crippen molar-refractivity contribution in [2.24, 2.45) is 0 Å². The number of nitrogens with one attached hydrogen (secondary N) is 2. The SMILES string of the molecule is CSc1n[nH]c2ncnc(NCc3ccccc3)c12. The van der Waals surface area contributed by atoms with Crippen molar-refractivity contribution in [3.63, 3.8) is 0 Å². The normalized spacial score (nSPS) is 10.8. The average molecular weight is 271 g/mol. The molecule has 3 aromatic rings. The van der Waals surface area contributed by atoms with Crippen molar-refractivity contribution in [3.8, 4) is 0 Å². The molecule has 0 fully saturated rings. The zero-order chi connectivity index (χ0) is 13.1. The summed E-state index contributed by atoms with van der Waals surface area (Å²) >= 11 is 1.58. The van der Waals surface area contributed by atoms with E-state index in [0.29, 0.717) is 0 Å². The van der Waals surface area contributed by atoms with Crippen LogP contribution < -0.4 is 5.32 Å². The van der Waals surface area contributed by atoms with E-state index in [1.807, 2.05) is 24.5 Å². The number of thioether (sulfide) groups is 1. The van der Waals surface area contributed by atoms with Gasteiger partial charge in [0.2, 0.25) is 0 Å². The predicted molar refractivity (Wildman–Crippen MR) is 77.2 cm³/mol. The second kappa shape index (κ2) is 5.27. The molecule has 0 spiro atoms. The second-order valence-corrected chi connectivity index (χ2v) is 4.81. The summed E-state index contributed by atoms with van der Waals surface area (Å²) in [4.78, 5) is 8.49. The zero-order valence-electron chi connectivity index (χ0n) is 10.4. The molecule has 0 aliphatic carbocycles. The summed E-state index contributed by atoms with van der Waals surface area (Å²) in [6.45, 7) is 0.728. The van der Waals surface area contributed by atoms with Crippen molar-refractivity contribution in [2.45, 2.75) is 11.6 Å². The van der Waals surface area contributed by atoms with E-state index in [1.54, 1.807) is 11.8 Å². The summed E-state index contributed by atoms with van der Waals surface area (Å²) in [5, 5.41) is 12.3. The molecule has 1 aromatic carbocycles. The van der Waals surface area contributed by atoms with Crippen LogP contribution in [0.4, 0.5) is 5.82 Å². The fraction of sp³-hybridized carbons (Fsp3) is 0.154. The molecule has 19 heavy (non-hydrogen) atoms. The van der Waals surface area contributed by atoms with Crippen molar-refractivity contribution < 1.29 is 0 Å². The van der Waals surface area contributed by atoms with Gasteiger partial charge in [0.15, 0.2) is 5.65 Å². The van der Waals surface area contributed by atoms with Gasteiger partial charge in [0, 0.05) is 6.54 Å². The summed E-state index contributed by atoms with van der Waals surface area (Å²) in [6, 6.07) is 10.2. The highest BCUT2D eigenvalue weighted by Crippen LogP contribution is 2.27. The molecule has 5 nitrogen and oxygen atoms in total. The standard InChI is InChI=1S/C13H13N5S/c1-19-13-10-11(15-8-16-12(10)17-18-13)14-7-9-5-3-2-4-6-9/h2-6,8H,7H2,1H3,(H2,14,15,16,17,18). The van der Waals surface area contributed by atoms with E-state index in [4.69, 9.17) is 0 Å². The second-order valence-electron chi connectivity index (χ2n) is 4.02. The Kier molecular flexibility index (Phi) is 3.33. The highest BCUT2D eigenvalue weighted by Gasteiger charge is 2.11. The number of benzene rings is 1. The molecule has 0 bridgehead atoms. The molecule has 0 radical (unpaired) electrons. The smallest absolute Gasteiger partial charge is 0.161 e. The summed E-state index contributed by atoms with van der Waals surface area (Å²) < 4.78 is 0. The lowest BCUT2D eigenvalue weighted by Gasteiger charge is -2.06. The van der Waals surface area contributed by atoms with Crippen LogP contribution in [0.25, 0.3) is 11.0 Å². The highest BCUT2D eigenvalue weighted by atomic mass is 32.2. The van der Waals surface area contributed by atoms with E-state index < -0.39 is 0 Å². The Morgan fingerprint density at radius 3 is 2.84 bits per heavy atom. The van der Waals surface area contributed by atoms with E-state index >= 15 is 0 Å². The molecule has 0 saturated heterocycles. The first-order chi connectivity index (χ1) is 9.38. The van der Waals surface area contributed by atoms with Gasteiger partial charge in [-0.3, -0.25) is 5.10 Å². The van der Waals surface area contributed by atoms with Crippen LogP contribution in [0.3, 0.4) is 0 Å². The van der Waals surface area contributed by atoms with Crippen LogP contribution in [-0.4, -0.2) is 26.4 Å². The van der Waals surface area contributed by atoms with Gasteiger partial charge in [0.05, 0.1) is 5.39 Å². The first kappa shape index (κ1) is 12.0. The maximum atomic E-state index is 4.31. The Balaban J connectivity index is 1.90. The number of aromatic nitrogens is 4. The first-order valence-electron chi connectivity index (χ1n) is 5.89. The molecule has 2 heterocycles. The van der Waals surface area contributed by atoms with Crippen LogP contribution >= 0.6 is 11.8 Å². The number of H-pyrrole nitrogens is 1. The molecule has 0 saturated carbocycles. The highest BCUT2D eigenvalue weighted by molar-refractivity contribution is 7.98. The molecule has 2 aromatic heterocycles. The molecule has 0 amide bonds. The van der Waals surface area contributed by atoms with Gasteiger partial charge in [-0.1, -0.05) is 30.3 Å². The van der Waals surface area contributed by atoms with Crippen molar-refractivity contribution in [1.29, 1.82) is 0 Å². The summed E-state index contributed by atoms with van der Waals surface area (Å²) in [6.07, 6.45) is 3.53. The number of fused-ring (bicyclic) bond motifs is 1. The van der Waals surface area contributed by atoms with Crippen LogP contribution in [0.1, 0.15) is 5.56 Å². The van der Waals surface area contributed by atoms with Gasteiger partial charge in [-0.05, 0) is 11.8 Å². The zero-order valence-corrected chi connectivity index (χ0v) is 11.2. The minimum Gasteiger partial charge on any atom is -0.365 e. The number of rotatable bonds is 4. The van der Waals surface area contributed by atoms with Gasteiger partial charge in [0.25, 0.3) is 0 Å². The van der Waals surface area contributed by atoms with E-state index in [1.165, 1.54) is 11.9 Å². The average Bonchev–Trinajstić information content (AvgIpc) is 2.90. The van der Waals surface area contributed by atoms with Crippen molar-refractivity contribution >= 4 is 28.6 Å². The van der Waals surface area contributed by atoms with Gasteiger partial charge in [0.1, 0.15) is 17.2 Å². The van der Waals surface area contributed by atoms with Gasteiger partial charge in [-0.2, -0.15) is 5.10 Å². The van der Waals surface area contributed by atoms with Crippen LogP contribution in [0.5, 0.6) is 0 Å². The molecule has 96 valence electrons. The van der Waals surface area contributed by atoms with Gasteiger partial charge in [-0.15, -0.1) is 11.8 Å². The van der Waals surface area contributed by atoms with E-state index in [0.717, 1.165) is 28.4 Å². The molecule has 6 heteroatoms. The number of hydrogen-bond donors (Lipinski definition) is 2. The monoisotopic (exact) mass is 271 g/mol. The van der Waals surface area contributed by atoms with Crippen LogP contribution in [0.2, 0.25) is 0 Å². The predicted octanol–water partition coefficient (Wildman–Crippen LogP) is 2.69. The third-order valence-corrected chi connectivity index (χ3v) is 3.50. The molecule has 0 aliphatic heterocycles. The molecule has 0 unspecified atom stereocenters.